The molecule has 0 aliphatic rings. The van der Waals surface area contributed by atoms with Crippen molar-refractivity contribution < 1.29 is 33.3 Å². The van der Waals surface area contributed by atoms with Crippen LogP contribution in [-0.4, -0.2) is 45.9 Å². The Morgan fingerprint density at radius 1 is 0.966 bits per heavy atom. The Bertz CT molecular complexity index is 855. The third kappa shape index (κ3) is 6.18. The van der Waals surface area contributed by atoms with Gasteiger partial charge in [-0.25, -0.2) is 4.79 Å². The van der Waals surface area contributed by atoms with Gasteiger partial charge in [0.05, 0.1) is 32.0 Å². The Hall–Kier alpha value is -3.13. The number of anilines is 1. The van der Waals surface area contributed by atoms with E-state index in [0.29, 0.717) is 33.7 Å². The fraction of sp³-hybridized carbons (Fsp3) is 0.300. The predicted molar refractivity (Wildman–Crippen MR) is 107 cm³/mol. The molecule has 1 atom stereocenters. The second-order valence-corrected chi connectivity index (χ2v) is 6.19. The highest BCUT2D eigenvalue weighted by atomic mass is 35.5. The first-order valence-electron chi connectivity index (χ1n) is 8.56. The molecule has 156 valence electrons. The standard InChI is InChI=1S/C20H22ClNO7/c1-12(29-14-7-5-13(25-2)6-8-14)20(24)28-11-19(23)22-16-9-15(21)17(26-3)10-18(16)27-4/h5-10,12H,11H2,1-4H3,(H,22,23). The van der Waals surface area contributed by atoms with Crippen molar-refractivity contribution in [1.29, 1.82) is 0 Å². The minimum absolute atomic E-state index is 0.294. The Morgan fingerprint density at radius 2 is 1.59 bits per heavy atom. The second-order valence-electron chi connectivity index (χ2n) is 5.78. The van der Waals surface area contributed by atoms with E-state index in [2.05, 4.69) is 5.32 Å². The van der Waals surface area contributed by atoms with E-state index >= 15 is 0 Å². The van der Waals surface area contributed by atoms with Crippen LogP contribution in [0.4, 0.5) is 5.69 Å². The largest absolute Gasteiger partial charge is 0.497 e. The SMILES string of the molecule is COc1ccc(OC(C)C(=O)OCC(=O)Nc2cc(Cl)c(OC)cc2OC)cc1. The highest BCUT2D eigenvalue weighted by Gasteiger charge is 2.19. The summed E-state index contributed by atoms with van der Waals surface area (Å²) in [5.41, 5.74) is 0.321. The molecule has 0 fully saturated rings. The molecule has 29 heavy (non-hydrogen) atoms. The minimum Gasteiger partial charge on any atom is -0.497 e. The number of halogens is 1. The van der Waals surface area contributed by atoms with Crippen molar-refractivity contribution in [1.82, 2.24) is 0 Å². The molecule has 1 unspecified atom stereocenters. The van der Waals surface area contributed by atoms with Gasteiger partial charge in [-0.3, -0.25) is 4.79 Å². The quantitative estimate of drug-likeness (QED) is 0.618. The smallest absolute Gasteiger partial charge is 0.347 e. The molecule has 0 aliphatic carbocycles. The van der Waals surface area contributed by atoms with E-state index in [4.69, 9.17) is 35.3 Å². The number of esters is 1. The van der Waals surface area contributed by atoms with E-state index in [1.807, 2.05) is 0 Å². The molecular formula is C20H22ClNO7. The van der Waals surface area contributed by atoms with Crippen LogP contribution in [0.1, 0.15) is 6.92 Å². The van der Waals surface area contributed by atoms with Gasteiger partial charge in [0, 0.05) is 6.07 Å². The first-order chi connectivity index (χ1) is 13.9. The third-order valence-electron chi connectivity index (χ3n) is 3.80. The van der Waals surface area contributed by atoms with Gasteiger partial charge in [-0.2, -0.15) is 0 Å². The summed E-state index contributed by atoms with van der Waals surface area (Å²) in [6.45, 7) is 1.03. The summed E-state index contributed by atoms with van der Waals surface area (Å²) in [5.74, 6) is 0.639. The summed E-state index contributed by atoms with van der Waals surface area (Å²) in [5, 5.41) is 2.87. The minimum atomic E-state index is -0.902. The number of carbonyl (C=O) groups excluding carboxylic acids is 2. The maximum Gasteiger partial charge on any atom is 0.347 e. The molecule has 0 saturated carbocycles. The number of rotatable bonds is 9. The average molecular weight is 424 g/mol. The Balaban J connectivity index is 1.89. The van der Waals surface area contributed by atoms with Gasteiger partial charge in [-0.15, -0.1) is 0 Å². The van der Waals surface area contributed by atoms with Crippen molar-refractivity contribution in [3.05, 3.63) is 41.4 Å². The number of ether oxygens (including phenoxy) is 5. The fourth-order valence-corrected chi connectivity index (χ4v) is 2.55. The van der Waals surface area contributed by atoms with E-state index in [1.54, 1.807) is 31.4 Å². The highest BCUT2D eigenvalue weighted by molar-refractivity contribution is 6.32. The number of carbonyl (C=O) groups is 2. The zero-order valence-electron chi connectivity index (χ0n) is 16.5. The normalized spacial score (nSPS) is 11.2. The van der Waals surface area contributed by atoms with Crippen LogP contribution in [0, 0.1) is 0 Å². The summed E-state index contributed by atoms with van der Waals surface area (Å²) in [6, 6.07) is 9.75. The molecule has 0 heterocycles. The fourth-order valence-electron chi connectivity index (χ4n) is 2.30. The number of amides is 1. The van der Waals surface area contributed by atoms with E-state index < -0.39 is 24.6 Å². The lowest BCUT2D eigenvalue weighted by Gasteiger charge is -2.15. The lowest BCUT2D eigenvalue weighted by atomic mass is 10.2. The van der Waals surface area contributed by atoms with Crippen LogP contribution in [-0.2, 0) is 14.3 Å². The summed E-state index contributed by atoms with van der Waals surface area (Å²) >= 11 is 6.07. The monoisotopic (exact) mass is 423 g/mol. The molecule has 2 rings (SSSR count). The summed E-state index contributed by atoms with van der Waals surface area (Å²) in [6.07, 6.45) is -0.902. The highest BCUT2D eigenvalue weighted by Crippen LogP contribution is 2.35. The first-order valence-corrected chi connectivity index (χ1v) is 8.94. The molecule has 9 heteroatoms. The molecule has 8 nitrogen and oxygen atoms in total. The van der Waals surface area contributed by atoms with Crippen molar-refractivity contribution in [3.8, 4) is 23.0 Å². The summed E-state index contributed by atoms with van der Waals surface area (Å²) < 4.78 is 25.9. The summed E-state index contributed by atoms with van der Waals surface area (Å²) in [7, 11) is 4.46. The van der Waals surface area contributed by atoms with Gasteiger partial charge in [0.1, 0.15) is 23.0 Å². The molecule has 1 N–H and O–H groups in total. The molecule has 2 aromatic rings. The zero-order valence-corrected chi connectivity index (χ0v) is 17.2. The topological polar surface area (TPSA) is 92.3 Å². The van der Waals surface area contributed by atoms with Gasteiger partial charge in [-0.1, -0.05) is 11.6 Å². The van der Waals surface area contributed by atoms with Gasteiger partial charge >= 0.3 is 5.97 Å². The molecule has 0 saturated heterocycles. The Kier molecular flexibility index (Phi) is 7.97. The third-order valence-corrected chi connectivity index (χ3v) is 4.09. The number of hydrogen-bond acceptors (Lipinski definition) is 7. The number of hydrogen-bond donors (Lipinski definition) is 1. The van der Waals surface area contributed by atoms with Crippen LogP contribution >= 0.6 is 11.6 Å². The molecule has 0 spiro atoms. The first kappa shape index (κ1) is 22.2. The van der Waals surface area contributed by atoms with Crippen molar-refractivity contribution in [2.45, 2.75) is 13.0 Å². The molecule has 2 aromatic carbocycles. The molecule has 0 aliphatic heterocycles. The molecule has 0 bridgehead atoms. The molecule has 0 radical (unpaired) electrons. The Labute approximate surface area is 173 Å². The van der Waals surface area contributed by atoms with Crippen molar-refractivity contribution in [3.63, 3.8) is 0 Å². The van der Waals surface area contributed by atoms with Crippen LogP contribution in [0.15, 0.2) is 36.4 Å². The molecule has 1 amide bonds. The summed E-state index contributed by atoms with van der Waals surface area (Å²) in [4.78, 5) is 24.2. The van der Waals surface area contributed by atoms with Crippen LogP contribution in [0.5, 0.6) is 23.0 Å². The predicted octanol–water partition coefficient (Wildman–Crippen LogP) is 3.32. The maximum absolute atomic E-state index is 12.1. The number of methoxy groups -OCH3 is 3. The molecule has 0 aromatic heterocycles. The van der Waals surface area contributed by atoms with Gasteiger partial charge in [0.2, 0.25) is 0 Å². The van der Waals surface area contributed by atoms with Gasteiger partial charge in [0.25, 0.3) is 5.91 Å². The molecular weight excluding hydrogens is 402 g/mol. The van der Waals surface area contributed by atoms with Crippen LogP contribution in [0.25, 0.3) is 0 Å². The number of nitrogens with one attached hydrogen (secondary N) is 1. The van der Waals surface area contributed by atoms with E-state index in [-0.39, 0.29) is 0 Å². The van der Waals surface area contributed by atoms with Crippen LogP contribution in [0.2, 0.25) is 5.02 Å². The second kappa shape index (κ2) is 10.4. The van der Waals surface area contributed by atoms with Gasteiger partial charge < -0.3 is 29.0 Å². The van der Waals surface area contributed by atoms with Crippen molar-refractivity contribution in [2.24, 2.45) is 0 Å². The Morgan fingerprint density at radius 3 is 2.17 bits per heavy atom. The zero-order chi connectivity index (χ0) is 21.4. The van der Waals surface area contributed by atoms with Crippen molar-refractivity contribution >= 4 is 29.2 Å². The van der Waals surface area contributed by atoms with E-state index in [9.17, 15) is 9.59 Å². The van der Waals surface area contributed by atoms with E-state index in [0.717, 1.165) is 0 Å². The van der Waals surface area contributed by atoms with E-state index in [1.165, 1.54) is 33.3 Å². The number of benzene rings is 2. The van der Waals surface area contributed by atoms with Crippen molar-refractivity contribution in [2.75, 3.05) is 33.3 Å². The van der Waals surface area contributed by atoms with Crippen LogP contribution < -0.4 is 24.3 Å². The lowest BCUT2D eigenvalue weighted by molar-refractivity contribution is -0.153. The average Bonchev–Trinajstić information content (AvgIpc) is 2.72. The van der Waals surface area contributed by atoms with Gasteiger partial charge in [-0.05, 0) is 37.3 Å². The van der Waals surface area contributed by atoms with Gasteiger partial charge in [0.15, 0.2) is 12.7 Å². The maximum atomic E-state index is 12.1. The lowest BCUT2D eigenvalue weighted by Crippen LogP contribution is -2.29. The van der Waals surface area contributed by atoms with Crippen LogP contribution in [0.3, 0.4) is 0 Å².